The Hall–Kier alpha value is -5.62. The number of fused-ring (bicyclic) bond motifs is 1. The van der Waals surface area contributed by atoms with Crippen LogP contribution < -0.4 is 20.1 Å². The number of carbonyl (C=O) groups excluding carboxylic acids is 2. The topological polar surface area (TPSA) is 107 Å². The van der Waals surface area contributed by atoms with Gasteiger partial charge in [-0.05, 0) is 79.9 Å². The number of hydrogen-bond donors (Lipinski definition) is 2. The molecule has 9 nitrogen and oxygen atoms in total. The van der Waals surface area contributed by atoms with E-state index in [4.69, 9.17) is 9.47 Å². The van der Waals surface area contributed by atoms with E-state index in [1.54, 1.807) is 80.0 Å². The predicted octanol–water partition coefficient (Wildman–Crippen LogP) is 5.91. The van der Waals surface area contributed by atoms with Crippen molar-refractivity contribution in [3.05, 3.63) is 103 Å². The van der Waals surface area contributed by atoms with E-state index < -0.39 is 5.91 Å². The lowest BCUT2D eigenvalue weighted by Gasteiger charge is -2.15. The fourth-order valence-corrected chi connectivity index (χ4v) is 4.10. The molecule has 2 aromatic carbocycles. The first-order valence-electron chi connectivity index (χ1n) is 13.0. The molecular weight excluding hydrogens is 518 g/mol. The molecule has 204 valence electrons. The molecule has 5 aromatic rings. The Balaban J connectivity index is 1.34. The lowest BCUT2D eigenvalue weighted by Crippen LogP contribution is -2.12. The Labute approximate surface area is 237 Å². The molecule has 0 fully saturated rings. The molecule has 0 saturated carbocycles. The van der Waals surface area contributed by atoms with E-state index in [2.05, 4.69) is 37.0 Å². The van der Waals surface area contributed by atoms with E-state index in [1.165, 1.54) is 0 Å². The number of ether oxygens (including phenoxy) is 2. The summed E-state index contributed by atoms with van der Waals surface area (Å²) >= 11 is 0. The molecule has 41 heavy (non-hydrogen) atoms. The first kappa shape index (κ1) is 27.0. The van der Waals surface area contributed by atoms with Gasteiger partial charge in [0.2, 0.25) is 0 Å². The summed E-state index contributed by atoms with van der Waals surface area (Å²) in [5.41, 5.74) is 1.56. The van der Waals surface area contributed by atoms with Crippen molar-refractivity contribution in [3.8, 4) is 29.1 Å². The van der Waals surface area contributed by atoms with Crippen molar-refractivity contribution in [3.63, 3.8) is 0 Å². The van der Waals surface area contributed by atoms with Gasteiger partial charge in [-0.3, -0.25) is 14.6 Å². The van der Waals surface area contributed by atoms with Crippen LogP contribution in [-0.4, -0.2) is 33.0 Å². The van der Waals surface area contributed by atoms with Gasteiger partial charge in [0.1, 0.15) is 23.1 Å². The summed E-state index contributed by atoms with van der Waals surface area (Å²) in [7, 11) is 0. The highest BCUT2D eigenvalue weighted by molar-refractivity contribution is 6.06. The lowest BCUT2D eigenvalue weighted by molar-refractivity contribution is -0.111. The van der Waals surface area contributed by atoms with Crippen molar-refractivity contribution in [1.82, 2.24) is 14.5 Å². The van der Waals surface area contributed by atoms with Crippen molar-refractivity contribution < 1.29 is 19.1 Å². The van der Waals surface area contributed by atoms with Gasteiger partial charge in [-0.25, -0.2) is 4.98 Å². The molecule has 0 aliphatic rings. The van der Waals surface area contributed by atoms with Crippen LogP contribution in [0.1, 0.15) is 23.7 Å². The standard InChI is InChI=1S/C32H27N5O4/c1-2-8-31(38)35-27-21-25-26(22-29(27)40-20-7-19-37-17-5-6-18-37)33-16-14-28(25)41-24-12-10-23(11-13-24)32(39)36-30-9-3-4-15-34-30/h3-6,9-18,21-22H,7,19-20H2,1H3,(H,35,38)(H,34,36,39). The molecule has 0 aliphatic heterocycles. The number of nitrogens with one attached hydrogen (secondary N) is 2. The van der Waals surface area contributed by atoms with E-state index in [0.29, 0.717) is 51.8 Å². The maximum absolute atomic E-state index is 12.6. The van der Waals surface area contributed by atoms with E-state index in [0.717, 1.165) is 13.0 Å². The van der Waals surface area contributed by atoms with Crippen molar-refractivity contribution in [1.29, 1.82) is 0 Å². The molecule has 5 rings (SSSR count). The van der Waals surface area contributed by atoms with E-state index in [9.17, 15) is 9.59 Å². The molecule has 0 bridgehead atoms. The van der Waals surface area contributed by atoms with Crippen LogP contribution in [0.2, 0.25) is 0 Å². The number of aryl methyl sites for hydroxylation is 1. The molecular formula is C32H27N5O4. The molecule has 2 N–H and O–H groups in total. The summed E-state index contributed by atoms with van der Waals surface area (Å²) in [6.45, 7) is 2.86. The second-order valence-corrected chi connectivity index (χ2v) is 8.92. The van der Waals surface area contributed by atoms with Crippen molar-refractivity contribution >= 4 is 34.2 Å². The van der Waals surface area contributed by atoms with Gasteiger partial charge < -0.3 is 24.7 Å². The summed E-state index contributed by atoms with van der Waals surface area (Å²) in [5, 5.41) is 6.24. The Morgan fingerprint density at radius 2 is 1.73 bits per heavy atom. The zero-order valence-electron chi connectivity index (χ0n) is 22.3. The number of carbonyl (C=O) groups is 2. The smallest absolute Gasteiger partial charge is 0.300 e. The lowest BCUT2D eigenvalue weighted by atomic mass is 10.1. The average molecular weight is 546 g/mol. The third-order valence-corrected chi connectivity index (χ3v) is 6.02. The number of nitrogens with zero attached hydrogens (tertiary/aromatic N) is 3. The van der Waals surface area contributed by atoms with Gasteiger partial charge >= 0.3 is 0 Å². The summed E-state index contributed by atoms with van der Waals surface area (Å²) in [6, 6.07) is 21.3. The van der Waals surface area contributed by atoms with Crippen LogP contribution in [0.5, 0.6) is 17.2 Å². The maximum Gasteiger partial charge on any atom is 0.300 e. The number of anilines is 2. The third kappa shape index (κ3) is 7.07. The first-order valence-corrected chi connectivity index (χ1v) is 13.0. The van der Waals surface area contributed by atoms with Crippen LogP contribution in [0.4, 0.5) is 11.5 Å². The molecule has 2 amide bonds. The molecule has 3 heterocycles. The average Bonchev–Trinajstić information content (AvgIpc) is 3.50. The molecule has 0 atom stereocenters. The minimum Gasteiger partial charge on any atom is -0.491 e. The highest BCUT2D eigenvalue weighted by atomic mass is 16.5. The van der Waals surface area contributed by atoms with Gasteiger partial charge in [-0.15, -0.1) is 0 Å². The Kier molecular flexibility index (Phi) is 8.52. The first-order chi connectivity index (χ1) is 20.1. The van der Waals surface area contributed by atoms with Gasteiger partial charge in [-0.1, -0.05) is 12.0 Å². The summed E-state index contributed by atoms with van der Waals surface area (Å²) in [4.78, 5) is 33.5. The van der Waals surface area contributed by atoms with E-state index in [1.807, 2.05) is 24.5 Å². The Bertz CT molecular complexity index is 1710. The van der Waals surface area contributed by atoms with Gasteiger partial charge in [0.05, 0.1) is 17.8 Å². The number of aromatic nitrogens is 3. The Morgan fingerprint density at radius 3 is 2.49 bits per heavy atom. The van der Waals surface area contributed by atoms with Gasteiger partial charge in [0.15, 0.2) is 0 Å². The van der Waals surface area contributed by atoms with Gasteiger partial charge in [0, 0.05) is 48.3 Å². The molecule has 0 aliphatic carbocycles. The van der Waals surface area contributed by atoms with Crippen LogP contribution in [0.15, 0.2) is 97.6 Å². The molecule has 0 saturated heterocycles. The van der Waals surface area contributed by atoms with Crippen LogP contribution in [-0.2, 0) is 11.3 Å². The molecule has 0 unspecified atom stereocenters. The predicted molar refractivity (Wildman–Crippen MR) is 157 cm³/mol. The zero-order chi connectivity index (χ0) is 28.4. The minimum absolute atomic E-state index is 0.277. The fraction of sp³-hybridized carbons (Fsp3) is 0.125. The minimum atomic E-state index is -0.449. The molecule has 9 heteroatoms. The van der Waals surface area contributed by atoms with E-state index in [-0.39, 0.29) is 5.91 Å². The second-order valence-electron chi connectivity index (χ2n) is 8.92. The van der Waals surface area contributed by atoms with E-state index >= 15 is 0 Å². The highest BCUT2D eigenvalue weighted by Crippen LogP contribution is 2.36. The number of pyridine rings is 2. The quantitative estimate of drug-likeness (QED) is 0.167. The fourth-order valence-electron chi connectivity index (χ4n) is 4.10. The van der Waals surface area contributed by atoms with Crippen LogP contribution in [0.25, 0.3) is 10.9 Å². The third-order valence-electron chi connectivity index (χ3n) is 6.02. The molecule has 0 spiro atoms. The van der Waals surface area contributed by atoms with Crippen molar-refractivity contribution in [2.75, 3.05) is 17.2 Å². The Morgan fingerprint density at radius 1 is 0.902 bits per heavy atom. The molecule has 3 aromatic heterocycles. The number of benzene rings is 2. The number of hydrogen-bond acceptors (Lipinski definition) is 6. The summed E-state index contributed by atoms with van der Waals surface area (Å²) in [5.74, 6) is 6.39. The summed E-state index contributed by atoms with van der Waals surface area (Å²) < 4.78 is 14.3. The van der Waals surface area contributed by atoms with Crippen LogP contribution in [0.3, 0.4) is 0 Å². The van der Waals surface area contributed by atoms with Crippen LogP contribution in [0, 0.1) is 11.8 Å². The largest absolute Gasteiger partial charge is 0.491 e. The van der Waals surface area contributed by atoms with Crippen molar-refractivity contribution in [2.45, 2.75) is 19.9 Å². The SMILES string of the molecule is CC#CC(=O)Nc1cc2c(Oc3ccc(C(=O)Nc4ccccn4)cc3)ccnc2cc1OCCCn1cccc1. The highest BCUT2D eigenvalue weighted by Gasteiger charge is 2.14. The number of rotatable bonds is 10. The summed E-state index contributed by atoms with van der Waals surface area (Å²) in [6.07, 6.45) is 8.03. The maximum atomic E-state index is 12.6. The number of amides is 2. The van der Waals surface area contributed by atoms with Crippen LogP contribution >= 0.6 is 0 Å². The molecule has 0 radical (unpaired) electrons. The monoisotopic (exact) mass is 545 g/mol. The second kappa shape index (κ2) is 13.0. The van der Waals surface area contributed by atoms with Crippen molar-refractivity contribution in [2.24, 2.45) is 0 Å². The van der Waals surface area contributed by atoms with Gasteiger partial charge in [0.25, 0.3) is 11.8 Å². The normalized spacial score (nSPS) is 10.4. The van der Waals surface area contributed by atoms with Gasteiger partial charge in [-0.2, -0.15) is 0 Å². The zero-order valence-corrected chi connectivity index (χ0v) is 22.3.